The number of hydrogen-bond donors (Lipinski definition) is 0. The van der Waals surface area contributed by atoms with E-state index >= 15 is 0 Å². The summed E-state index contributed by atoms with van der Waals surface area (Å²) < 4.78 is 32.7. The molecule has 0 N–H and O–H groups in total. The van der Waals surface area contributed by atoms with E-state index in [9.17, 15) is 4.39 Å². The fraction of sp³-hybridized carbons (Fsp3) is 0.500. The monoisotopic (exact) mass is 393 g/mol. The lowest BCUT2D eigenvalue weighted by Crippen LogP contribution is -2.30. The Balaban J connectivity index is 1.82. The molecule has 0 unspecified atom stereocenters. The van der Waals surface area contributed by atoms with E-state index in [1.165, 1.54) is 0 Å². The minimum Gasteiger partial charge on any atom is -0.346 e. The Kier molecular flexibility index (Phi) is 4.03. The summed E-state index contributed by atoms with van der Waals surface area (Å²) >= 11 is 18.6. The maximum absolute atomic E-state index is 13.4. The molecule has 0 spiro atoms. The number of rotatable bonds is 2. The van der Waals surface area contributed by atoms with Gasteiger partial charge in [-0.25, -0.2) is 4.39 Å². The average molecular weight is 395 g/mol. The number of nitrogens with zero attached hydrogens (tertiary/aromatic N) is 1. The van der Waals surface area contributed by atoms with Crippen LogP contribution >= 0.6 is 34.8 Å². The van der Waals surface area contributed by atoms with Crippen LogP contribution in [0.2, 0.25) is 15.2 Å². The zero-order valence-electron chi connectivity index (χ0n) is 12.9. The van der Waals surface area contributed by atoms with Crippen molar-refractivity contribution in [3.05, 3.63) is 33.4 Å². The maximum Gasteiger partial charge on any atom is 0.164 e. The van der Waals surface area contributed by atoms with Crippen LogP contribution in [0.5, 0.6) is 0 Å². The van der Waals surface area contributed by atoms with Gasteiger partial charge >= 0.3 is 0 Å². The zero-order chi connectivity index (χ0) is 17.2. The van der Waals surface area contributed by atoms with Gasteiger partial charge in [0.15, 0.2) is 12.0 Å². The van der Waals surface area contributed by atoms with Gasteiger partial charge in [-0.05, 0) is 32.0 Å². The van der Waals surface area contributed by atoms with Crippen LogP contribution in [0.3, 0.4) is 0 Å². The molecule has 1 aromatic carbocycles. The second-order valence-corrected chi connectivity index (χ2v) is 7.65. The number of fused-ring (bicyclic) bond motifs is 2. The molecular formula is C16H15Cl3FNO3. The van der Waals surface area contributed by atoms with Gasteiger partial charge in [-0.1, -0.05) is 34.8 Å². The summed E-state index contributed by atoms with van der Waals surface area (Å²) in [4.78, 5) is 0. The highest BCUT2D eigenvalue weighted by Gasteiger charge is 2.56. The molecule has 2 aliphatic rings. The summed E-state index contributed by atoms with van der Waals surface area (Å²) in [7, 11) is 0. The topological polar surface area (TPSA) is 32.6 Å². The van der Waals surface area contributed by atoms with E-state index in [0.717, 1.165) is 10.9 Å². The highest BCUT2D eigenvalue weighted by molar-refractivity contribution is 6.43. The lowest BCUT2D eigenvalue weighted by Gasteiger charge is -2.25. The molecule has 24 heavy (non-hydrogen) atoms. The SMILES string of the molecule is CC1(C)O[C@@H]2[C@H](O1)[C@@H](CF)O[C@H]2n1c(Cl)cc2cc(Cl)c(Cl)cc21. The van der Waals surface area contributed by atoms with Crippen LogP contribution in [0.1, 0.15) is 20.1 Å². The van der Waals surface area contributed by atoms with Crippen molar-refractivity contribution in [1.82, 2.24) is 4.57 Å². The molecule has 2 aromatic rings. The molecule has 3 heterocycles. The van der Waals surface area contributed by atoms with Gasteiger partial charge in [-0.15, -0.1) is 0 Å². The Morgan fingerprint density at radius 2 is 1.75 bits per heavy atom. The highest BCUT2D eigenvalue weighted by atomic mass is 35.5. The van der Waals surface area contributed by atoms with Crippen LogP contribution < -0.4 is 0 Å². The fourth-order valence-corrected chi connectivity index (χ4v) is 4.07. The van der Waals surface area contributed by atoms with Crippen LogP contribution in [-0.2, 0) is 14.2 Å². The second kappa shape index (κ2) is 5.73. The minimum atomic E-state index is -0.804. The molecule has 0 saturated carbocycles. The first kappa shape index (κ1) is 16.9. The second-order valence-electron chi connectivity index (χ2n) is 6.45. The Morgan fingerprint density at radius 1 is 1.08 bits per heavy atom. The van der Waals surface area contributed by atoms with Gasteiger partial charge in [0.2, 0.25) is 0 Å². The van der Waals surface area contributed by atoms with Crippen LogP contribution in [0, 0.1) is 0 Å². The summed E-state index contributed by atoms with van der Waals surface area (Å²) in [5.41, 5.74) is 0.742. The molecule has 4 atom stereocenters. The first-order valence-corrected chi connectivity index (χ1v) is 8.66. The fourth-order valence-electron chi connectivity index (χ4n) is 3.44. The number of alkyl halides is 1. The van der Waals surface area contributed by atoms with Crippen LogP contribution in [0.15, 0.2) is 18.2 Å². The molecule has 1 aromatic heterocycles. The number of halogens is 4. The van der Waals surface area contributed by atoms with E-state index in [4.69, 9.17) is 49.0 Å². The molecule has 130 valence electrons. The van der Waals surface area contributed by atoms with Crippen LogP contribution in [0.4, 0.5) is 4.39 Å². The average Bonchev–Trinajstić information content (AvgIpc) is 3.08. The van der Waals surface area contributed by atoms with E-state index in [-0.39, 0.29) is 0 Å². The molecule has 8 heteroatoms. The van der Waals surface area contributed by atoms with Crippen molar-refractivity contribution in [3.63, 3.8) is 0 Å². The Labute approximate surface area is 153 Å². The molecule has 2 fully saturated rings. The van der Waals surface area contributed by atoms with E-state index in [1.54, 1.807) is 36.6 Å². The molecule has 0 bridgehead atoms. The van der Waals surface area contributed by atoms with Gasteiger partial charge in [0.05, 0.1) is 15.6 Å². The minimum absolute atomic E-state index is 0.403. The molecule has 4 nitrogen and oxygen atoms in total. The van der Waals surface area contributed by atoms with Gasteiger partial charge in [0, 0.05) is 5.39 Å². The van der Waals surface area contributed by atoms with Gasteiger partial charge in [0.1, 0.15) is 30.1 Å². The third-order valence-electron chi connectivity index (χ3n) is 4.37. The van der Waals surface area contributed by atoms with Crippen LogP contribution in [0.25, 0.3) is 10.9 Å². The van der Waals surface area contributed by atoms with Gasteiger partial charge in [-0.2, -0.15) is 0 Å². The van der Waals surface area contributed by atoms with E-state index in [1.807, 2.05) is 0 Å². The quantitative estimate of drug-likeness (QED) is 0.719. The predicted octanol–water partition coefficient (Wildman–Crippen LogP) is 4.99. The van der Waals surface area contributed by atoms with Gasteiger partial charge in [-0.3, -0.25) is 0 Å². The molecule has 2 saturated heterocycles. The summed E-state index contributed by atoms with van der Waals surface area (Å²) in [5, 5.41) is 2.09. The lowest BCUT2D eigenvalue weighted by molar-refractivity contribution is -0.197. The third-order valence-corrected chi connectivity index (χ3v) is 5.38. The van der Waals surface area contributed by atoms with Crippen molar-refractivity contribution < 1.29 is 18.6 Å². The zero-order valence-corrected chi connectivity index (χ0v) is 15.2. The number of aromatic nitrogens is 1. The first-order chi connectivity index (χ1) is 11.3. The molecule has 0 aliphatic carbocycles. The predicted molar refractivity (Wildman–Crippen MR) is 90.7 cm³/mol. The third kappa shape index (κ3) is 2.54. The van der Waals surface area contributed by atoms with E-state index in [2.05, 4.69) is 0 Å². The van der Waals surface area contributed by atoms with Crippen molar-refractivity contribution in [2.24, 2.45) is 0 Å². The molecule has 4 rings (SSSR count). The van der Waals surface area contributed by atoms with Gasteiger partial charge in [0.25, 0.3) is 0 Å². The lowest BCUT2D eigenvalue weighted by atomic mass is 10.1. The van der Waals surface area contributed by atoms with Gasteiger partial charge < -0.3 is 18.8 Å². The first-order valence-electron chi connectivity index (χ1n) is 7.53. The smallest absolute Gasteiger partial charge is 0.164 e. The Morgan fingerprint density at radius 3 is 2.46 bits per heavy atom. The highest BCUT2D eigenvalue weighted by Crippen LogP contribution is 2.46. The Hall–Kier alpha value is -0.560. The summed E-state index contributed by atoms with van der Waals surface area (Å²) in [6, 6.07) is 5.21. The molecule has 2 aliphatic heterocycles. The van der Waals surface area contributed by atoms with Crippen molar-refractivity contribution in [1.29, 1.82) is 0 Å². The number of hydrogen-bond acceptors (Lipinski definition) is 3. The Bertz CT molecular complexity index is 809. The van der Waals surface area contributed by atoms with E-state index < -0.39 is 37.0 Å². The van der Waals surface area contributed by atoms with Crippen molar-refractivity contribution in [2.75, 3.05) is 6.67 Å². The number of ether oxygens (including phenoxy) is 3. The number of benzene rings is 1. The molecule has 0 radical (unpaired) electrons. The standard InChI is InChI=1S/C16H15Cl3FNO3/c1-16(2)23-13-11(6-20)22-15(14(13)24-16)21-10-5-9(18)8(17)3-7(10)4-12(21)19/h3-5,11,13-15H,6H2,1-2H3/t11-,13-,14-,15-/m1/s1. The summed E-state index contributed by atoms with van der Waals surface area (Å²) in [6.45, 7) is 2.92. The maximum atomic E-state index is 13.4. The largest absolute Gasteiger partial charge is 0.346 e. The van der Waals surface area contributed by atoms with Crippen LogP contribution in [-0.4, -0.2) is 35.3 Å². The van der Waals surface area contributed by atoms with E-state index in [0.29, 0.717) is 15.2 Å². The molecular weight excluding hydrogens is 380 g/mol. The normalized spacial score (nSPS) is 31.8. The van der Waals surface area contributed by atoms with Crippen molar-refractivity contribution in [2.45, 2.75) is 44.2 Å². The summed E-state index contributed by atoms with van der Waals surface area (Å²) in [5.74, 6) is -0.804. The van der Waals surface area contributed by atoms with Crippen molar-refractivity contribution in [3.8, 4) is 0 Å². The van der Waals surface area contributed by atoms with Crippen molar-refractivity contribution >= 4 is 45.7 Å². The summed E-state index contributed by atoms with van der Waals surface area (Å²) in [6.07, 6.45) is -2.28. The molecule has 0 amide bonds.